The summed E-state index contributed by atoms with van der Waals surface area (Å²) in [5, 5.41) is 16.8. The van der Waals surface area contributed by atoms with Crippen molar-refractivity contribution in [2.45, 2.75) is 31.8 Å². The molecule has 0 radical (unpaired) electrons. The third kappa shape index (κ3) is 4.46. The number of rotatable bonds is 7. The van der Waals surface area contributed by atoms with Gasteiger partial charge in [-0.3, -0.25) is 14.4 Å². The first-order chi connectivity index (χ1) is 16.3. The Kier molecular flexibility index (Phi) is 6.54. The zero-order valence-electron chi connectivity index (χ0n) is 18.9. The van der Waals surface area contributed by atoms with E-state index in [0.717, 1.165) is 22.3 Å². The summed E-state index contributed by atoms with van der Waals surface area (Å²) in [4.78, 5) is 48.8. The van der Waals surface area contributed by atoms with Gasteiger partial charge in [0.05, 0.1) is 0 Å². The minimum Gasteiger partial charge on any atom is -0.481 e. The fraction of sp³-hybridized carbons (Fsp3) is 0.360. The number of fused-ring (bicyclic) bond motifs is 3. The molecule has 3 atom stereocenters. The first-order valence-electron chi connectivity index (χ1n) is 11.2. The van der Waals surface area contributed by atoms with Crippen LogP contribution in [0.2, 0.25) is 0 Å². The van der Waals surface area contributed by atoms with Crippen molar-refractivity contribution in [3.8, 4) is 11.1 Å². The Hall–Kier alpha value is -3.88. The summed E-state index contributed by atoms with van der Waals surface area (Å²) >= 11 is 0. The second kappa shape index (κ2) is 9.54. The highest BCUT2D eigenvalue weighted by atomic mass is 16.5. The molecule has 0 spiro atoms. The van der Waals surface area contributed by atoms with Gasteiger partial charge >= 0.3 is 12.1 Å². The maximum atomic E-state index is 12.8. The molecule has 2 aliphatic rings. The van der Waals surface area contributed by atoms with Crippen LogP contribution in [0.25, 0.3) is 11.1 Å². The quantitative estimate of drug-likeness (QED) is 0.493. The Bertz CT molecular complexity index is 1090. The number of carboxylic acids is 1. The number of carbonyl (C=O) groups excluding carboxylic acids is 3. The SMILES string of the molecule is CC(C)[C@H](NC(=O)OCC1c2ccccc2-c2ccccc21)C(=O)NC1C(=O)NCC1C(=O)O. The van der Waals surface area contributed by atoms with Gasteiger partial charge in [0, 0.05) is 12.5 Å². The van der Waals surface area contributed by atoms with Crippen molar-refractivity contribution in [3.63, 3.8) is 0 Å². The molecule has 0 bridgehead atoms. The molecule has 1 aliphatic heterocycles. The monoisotopic (exact) mass is 465 g/mol. The third-order valence-electron chi connectivity index (χ3n) is 6.36. The Morgan fingerprint density at radius 2 is 1.65 bits per heavy atom. The number of alkyl carbamates (subject to hydrolysis) is 1. The minimum atomic E-state index is -1.20. The van der Waals surface area contributed by atoms with Crippen molar-refractivity contribution < 1.29 is 29.0 Å². The summed E-state index contributed by atoms with van der Waals surface area (Å²) in [5.41, 5.74) is 4.35. The molecule has 0 saturated carbocycles. The van der Waals surface area contributed by atoms with Crippen molar-refractivity contribution in [3.05, 3.63) is 59.7 Å². The van der Waals surface area contributed by atoms with Gasteiger partial charge in [-0.05, 0) is 28.2 Å². The normalized spacial score (nSPS) is 19.7. The van der Waals surface area contributed by atoms with E-state index in [4.69, 9.17) is 4.74 Å². The smallest absolute Gasteiger partial charge is 0.407 e. The van der Waals surface area contributed by atoms with Crippen molar-refractivity contribution in [2.75, 3.05) is 13.2 Å². The van der Waals surface area contributed by atoms with Gasteiger partial charge in [-0.2, -0.15) is 0 Å². The van der Waals surface area contributed by atoms with Crippen LogP contribution in [-0.2, 0) is 19.1 Å². The summed E-state index contributed by atoms with van der Waals surface area (Å²) in [7, 11) is 0. The van der Waals surface area contributed by atoms with E-state index in [9.17, 15) is 24.3 Å². The Morgan fingerprint density at radius 1 is 1.06 bits per heavy atom. The van der Waals surface area contributed by atoms with Crippen LogP contribution in [-0.4, -0.2) is 54.2 Å². The zero-order valence-corrected chi connectivity index (χ0v) is 18.9. The average Bonchev–Trinajstić information content (AvgIpc) is 3.33. The molecule has 1 saturated heterocycles. The number of hydrogen-bond donors (Lipinski definition) is 4. The highest BCUT2D eigenvalue weighted by Gasteiger charge is 2.42. The molecule has 3 amide bonds. The highest BCUT2D eigenvalue weighted by Crippen LogP contribution is 2.44. The summed E-state index contributed by atoms with van der Waals surface area (Å²) in [6.45, 7) is 3.50. The van der Waals surface area contributed by atoms with Gasteiger partial charge in [-0.25, -0.2) is 4.79 Å². The van der Waals surface area contributed by atoms with E-state index in [1.807, 2.05) is 48.5 Å². The third-order valence-corrected chi connectivity index (χ3v) is 6.36. The number of amides is 3. The number of aliphatic carboxylic acids is 1. The first kappa shape index (κ1) is 23.3. The molecule has 4 rings (SSSR count). The van der Waals surface area contributed by atoms with Gasteiger partial charge in [0.1, 0.15) is 24.6 Å². The Morgan fingerprint density at radius 3 is 2.21 bits per heavy atom. The van der Waals surface area contributed by atoms with E-state index >= 15 is 0 Å². The van der Waals surface area contributed by atoms with Crippen LogP contribution in [0.5, 0.6) is 0 Å². The Balaban J connectivity index is 1.41. The molecule has 2 unspecified atom stereocenters. The second-order valence-corrected chi connectivity index (χ2v) is 8.87. The number of carboxylic acid groups (broad SMARTS) is 1. The summed E-state index contributed by atoms with van der Waals surface area (Å²) in [5.74, 6) is -3.91. The van der Waals surface area contributed by atoms with Gasteiger partial charge in [0.2, 0.25) is 11.8 Å². The summed E-state index contributed by atoms with van der Waals surface area (Å²) < 4.78 is 5.52. The van der Waals surface area contributed by atoms with Gasteiger partial charge in [-0.1, -0.05) is 62.4 Å². The topological polar surface area (TPSA) is 134 Å². The molecule has 0 aromatic heterocycles. The molecule has 34 heavy (non-hydrogen) atoms. The molecule has 2 aromatic carbocycles. The lowest BCUT2D eigenvalue weighted by Crippen LogP contribution is -2.55. The van der Waals surface area contributed by atoms with Crippen LogP contribution in [0.4, 0.5) is 4.79 Å². The zero-order chi connectivity index (χ0) is 24.4. The first-order valence-corrected chi connectivity index (χ1v) is 11.2. The fourth-order valence-corrected chi connectivity index (χ4v) is 4.56. The molecule has 1 fully saturated rings. The number of hydrogen-bond acceptors (Lipinski definition) is 5. The van der Waals surface area contributed by atoms with Crippen LogP contribution >= 0.6 is 0 Å². The lowest BCUT2D eigenvalue weighted by molar-refractivity contribution is -0.143. The lowest BCUT2D eigenvalue weighted by atomic mass is 9.98. The predicted octanol–water partition coefficient (Wildman–Crippen LogP) is 1.87. The average molecular weight is 466 g/mol. The molecule has 1 heterocycles. The van der Waals surface area contributed by atoms with Gasteiger partial charge in [0.25, 0.3) is 0 Å². The number of benzene rings is 2. The molecule has 1 aliphatic carbocycles. The van der Waals surface area contributed by atoms with E-state index in [1.165, 1.54) is 0 Å². The molecule has 9 heteroatoms. The van der Waals surface area contributed by atoms with Gasteiger partial charge in [-0.15, -0.1) is 0 Å². The minimum absolute atomic E-state index is 0.0642. The number of ether oxygens (including phenoxy) is 1. The van der Waals surface area contributed by atoms with E-state index in [1.54, 1.807) is 13.8 Å². The van der Waals surface area contributed by atoms with Crippen molar-refractivity contribution in [2.24, 2.45) is 11.8 Å². The van der Waals surface area contributed by atoms with E-state index in [-0.39, 0.29) is 25.0 Å². The molecular formula is C25H27N3O6. The van der Waals surface area contributed by atoms with Gasteiger partial charge < -0.3 is 25.8 Å². The van der Waals surface area contributed by atoms with Crippen molar-refractivity contribution in [1.82, 2.24) is 16.0 Å². The van der Waals surface area contributed by atoms with Crippen LogP contribution < -0.4 is 16.0 Å². The van der Waals surface area contributed by atoms with Crippen LogP contribution in [0, 0.1) is 11.8 Å². The Labute approximate surface area is 196 Å². The standard InChI is InChI=1S/C25H27N3O6/c1-13(2)20(23(30)27-21-18(24(31)32)11-26-22(21)29)28-25(33)34-12-19-16-9-5-3-7-14(16)15-8-4-6-10-17(15)19/h3-10,13,18-21H,11-12H2,1-2H3,(H,26,29)(H,27,30)(H,28,33)(H,31,32)/t18?,20-,21?/m0/s1. The number of carbonyl (C=O) groups is 4. The van der Waals surface area contributed by atoms with E-state index in [2.05, 4.69) is 16.0 Å². The molecule has 178 valence electrons. The van der Waals surface area contributed by atoms with E-state index < -0.39 is 41.9 Å². The van der Waals surface area contributed by atoms with Crippen molar-refractivity contribution in [1.29, 1.82) is 0 Å². The maximum Gasteiger partial charge on any atom is 0.407 e. The second-order valence-electron chi connectivity index (χ2n) is 8.87. The maximum absolute atomic E-state index is 12.8. The number of nitrogens with one attached hydrogen (secondary N) is 3. The fourth-order valence-electron chi connectivity index (χ4n) is 4.56. The van der Waals surface area contributed by atoms with Crippen LogP contribution in [0.3, 0.4) is 0 Å². The lowest BCUT2D eigenvalue weighted by Gasteiger charge is -2.24. The van der Waals surface area contributed by atoms with Crippen LogP contribution in [0.15, 0.2) is 48.5 Å². The predicted molar refractivity (Wildman–Crippen MR) is 123 cm³/mol. The molecular weight excluding hydrogens is 438 g/mol. The summed E-state index contributed by atoms with van der Waals surface area (Å²) in [6, 6.07) is 13.7. The molecule has 4 N–H and O–H groups in total. The molecule has 2 aromatic rings. The molecule has 9 nitrogen and oxygen atoms in total. The van der Waals surface area contributed by atoms with E-state index in [0.29, 0.717) is 0 Å². The summed E-state index contributed by atoms with van der Waals surface area (Å²) in [6.07, 6.45) is -0.763. The highest BCUT2D eigenvalue weighted by molar-refractivity contribution is 5.96. The van der Waals surface area contributed by atoms with Crippen LogP contribution in [0.1, 0.15) is 30.9 Å². The van der Waals surface area contributed by atoms with Gasteiger partial charge in [0.15, 0.2) is 0 Å². The largest absolute Gasteiger partial charge is 0.481 e. The van der Waals surface area contributed by atoms with Crippen molar-refractivity contribution >= 4 is 23.9 Å².